The van der Waals surface area contributed by atoms with Crippen LogP contribution in [0.2, 0.25) is 0 Å². The van der Waals surface area contributed by atoms with Gasteiger partial charge in [0, 0.05) is 12.2 Å². The minimum absolute atomic E-state index is 0.185. The number of nitrogens with one attached hydrogen (secondary N) is 4. The lowest BCUT2D eigenvalue weighted by Gasteiger charge is -2.07. The van der Waals surface area contributed by atoms with Crippen LogP contribution in [0, 0.1) is 0 Å². The standard InChI is InChI=1S/C13H14N6O2/c20-12(16-9-2-1-5-14-6-9)11-10(7-15-19-11)18-13(21)17-8-3-4-8/h1-2,5-8H,3-4H2,(H,15,19)(H,16,20)(H2,17,18,21). The van der Waals surface area contributed by atoms with E-state index in [9.17, 15) is 9.59 Å². The largest absolute Gasteiger partial charge is 0.335 e. The fraction of sp³-hybridized carbons (Fsp3) is 0.231. The van der Waals surface area contributed by atoms with Crippen molar-refractivity contribution in [1.82, 2.24) is 20.5 Å². The summed E-state index contributed by atoms with van der Waals surface area (Å²) < 4.78 is 0. The Labute approximate surface area is 120 Å². The van der Waals surface area contributed by atoms with E-state index in [1.54, 1.807) is 18.3 Å². The average molecular weight is 286 g/mol. The number of pyridine rings is 1. The highest BCUT2D eigenvalue weighted by Crippen LogP contribution is 2.19. The molecule has 0 atom stereocenters. The Morgan fingerprint density at radius 1 is 1.24 bits per heavy atom. The maximum Gasteiger partial charge on any atom is 0.319 e. The van der Waals surface area contributed by atoms with Gasteiger partial charge in [-0.2, -0.15) is 5.10 Å². The lowest BCUT2D eigenvalue weighted by Crippen LogP contribution is -2.31. The molecule has 108 valence electrons. The summed E-state index contributed by atoms with van der Waals surface area (Å²) in [6.07, 6.45) is 6.52. The molecule has 1 saturated carbocycles. The number of carbonyl (C=O) groups excluding carboxylic acids is 2. The zero-order valence-electron chi connectivity index (χ0n) is 11.1. The van der Waals surface area contributed by atoms with E-state index >= 15 is 0 Å². The van der Waals surface area contributed by atoms with Crippen molar-refractivity contribution in [3.63, 3.8) is 0 Å². The molecule has 3 amide bonds. The minimum atomic E-state index is -0.401. The first-order chi connectivity index (χ1) is 10.2. The maximum atomic E-state index is 12.1. The number of rotatable bonds is 4. The fourth-order valence-corrected chi connectivity index (χ4v) is 1.76. The third kappa shape index (κ3) is 3.35. The SMILES string of the molecule is O=C(Nc1cn[nH]c1C(=O)Nc1cccnc1)NC1CC1. The summed E-state index contributed by atoms with van der Waals surface area (Å²) in [6, 6.07) is 3.33. The van der Waals surface area contributed by atoms with Crippen LogP contribution in [0.3, 0.4) is 0 Å². The molecule has 1 aliphatic rings. The van der Waals surface area contributed by atoms with E-state index in [2.05, 4.69) is 31.1 Å². The summed E-state index contributed by atoms with van der Waals surface area (Å²) in [6.45, 7) is 0. The molecule has 0 aliphatic heterocycles. The second kappa shape index (κ2) is 5.61. The van der Waals surface area contributed by atoms with Crippen LogP contribution < -0.4 is 16.0 Å². The van der Waals surface area contributed by atoms with Gasteiger partial charge in [0.05, 0.1) is 23.8 Å². The Kier molecular flexibility index (Phi) is 3.50. The number of aromatic nitrogens is 3. The Balaban J connectivity index is 1.66. The molecule has 0 bridgehead atoms. The van der Waals surface area contributed by atoms with Crippen LogP contribution in [-0.4, -0.2) is 33.2 Å². The number of hydrogen-bond acceptors (Lipinski definition) is 4. The maximum absolute atomic E-state index is 12.1. The lowest BCUT2D eigenvalue weighted by molar-refractivity contribution is 0.102. The summed E-state index contributed by atoms with van der Waals surface area (Å²) in [4.78, 5) is 27.7. The Bertz CT molecular complexity index is 650. The Morgan fingerprint density at radius 2 is 2.10 bits per heavy atom. The molecule has 0 unspecified atom stereocenters. The third-order valence-corrected chi connectivity index (χ3v) is 2.95. The van der Waals surface area contributed by atoms with Crippen LogP contribution >= 0.6 is 0 Å². The highest BCUT2D eigenvalue weighted by atomic mass is 16.2. The number of amides is 3. The van der Waals surface area contributed by atoms with Crippen LogP contribution in [0.1, 0.15) is 23.3 Å². The van der Waals surface area contributed by atoms with Crippen molar-refractivity contribution in [1.29, 1.82) is 0 Å². The number of anilines is 2. The first-order valence-corrected chi connectivity index (χ1v) is 6.54. The van der Waals surface area contributed by atoms with Crippen LogP contribution in [0.5, 0.6) is 0 Å². The first kappa shape index (κ1) is 13.1. The molecular weight excluding hydrogens is 272 g/mol. The lowest BCUT2D eigenvalue weighted by atomic mass is 10.3. The van der Waals surface area contributed by atoms with E-state index in [0.29, 0.717) is 11.4 Å². The topological polar surface area (TPSA) is 112 Å². The van der Waals surface area contributed by atoms with Gasteiger partial charge in [0.2, 0.25) is 0 Å². The minimum Gasteiger partial charge on any atom is -0.335 e. The summed E-state index contributed by atoms with van der Waals surface area (Å²) in [5.74, 6) is -0.401. The van der Waals surface area contributed by atoms with Gasteiger partial charge in [-0.15, -0.1) is 0 Å². The molecule has 4 N–H and O–H groups in total. The molecule has 0 spiro atoms. The molecule has 2 heterocycles. The van der Waals surface area contributed by atoms with E-state index in [0.717, 1.165) is 12.8 Å². The van der Waals surface area contributed by atoms with Gasteiger partial charge in [-0.3, -0.25) is 14.9 Å². The first-order valence-electron chi connectivity index (χ1n) is 6.54. The van der Waals surface area contributed by atoms with E-state index in [-0.39, 0.29) is 17.8 Å². The smallest absolute Gasteiger partial charge is 0.319 e. The predicted octanol–water partition coefficient (Wildman–Crippen LogP) is 1.34. The summed E-state index contributed by atoms with van der Waals surface area (Å²) in [5.41, 5.74) is 1.07. The second-order valence-corrected chi connectivity index (χ2v) is 4.73. The van der Waals surface area contributed by atoms with Crippen LogP contribution in [0.4, 0.5) is 16.2 Å². The van der Waals surface area contributed by atoms with Crippen LogP contribution in [0.15, 0.2) is 30.7 Å². The third-order valence-electron chi connectivity index (χ3n) is 2.95. The van der Waals surface area contributed by atoms with Crippen molar-refractivity contribution in [2.45, 2.75) is 18.9 Å². The molecule has 8 nitrogen and oxygen atoms in total. The summed E-state index contributed by atoms with van der Waals surface area (Å²) in [7, 11) is 0. The van der Waals surface area contributed by atoms with E-state index < -0.39 is 5.91 Å². The highest BCUT2D eigenvalue weighted by molar-refractivity contribution is 6.08. The van der Waals surface area contributed by atoms with Gasteiger partial charge < -0.3 is 16.0 Å². The predicted molar refractivity (Wildman–Crippen MR) is 76.0 cm³/mol. The van der Waals surface area contributed by atoms with Gasteiger partial charge in [0.1, 0.15) is 5.69 Å². The number of nitrogens with zero attached hydrogens (tertiary/aromatic N) is 2. The molecule has 1 aliphatic carbocycles. The number of urea groups is 1. The summed E-state index contributed by atoms with van der Waals surface area (Å²) >= 11 is 0. The van der Waals surface area contributed by atoms with Crippen molar-refractivity contribution in [3.8, 4) is 0 Å². The number of H-pyrrole nitrogens is 1. The van der Waals surface area contributed by atoms with E-state index in [1.807, 2.05) is 0 Å². The molecule has 0 saturated heterocycles. The Morgan fingerprint density at radius 3 is 2.81 bits per heavy atom. The zero-order valence-corrected chi connectivity index (χ0v) is 11.1. The average Bonchev–Trinajstić information content (AvgIpc) is 3.15. The molecule has 0 aromatic carbocycles. The van der Waals surface area contributed by atoms with Gasteiger partial charge in [0.15, 0.2) is 0 Å². The van der Waals surface area contributed by atoms with Crippen molar-refractivity contribution >= 4 is 23.3 Å². The molecule has 1 fully saturated rings. The second-order valence-electron chi connectivity index (χ2n) is 4.73. The van der Waals surface area contributed by atoms with Gasteiger partial charge in [-0.25, -0.2) is 4.79 Å². The van der Waals surface area contributed by atoms with Crippen molar-refractivity contribution in [2.24, 2.45) is 0 Å². The molecule has 3 rings (SSSR count). The number of carbonyl (C=O) groups is 2. The Hall–Kier alpha value is -2.90. The number of hydrogen-bond donors (Lipinski definition) is 4. The van der Waals surface area contributed by atoms with Crippen LogP contribution in [-0.2, 0) is 0 Å². The monoisotopic (exact) mass is 286 g/mol. The van der Waals surface area contributed by atoms with E-state index in [4.69, 9.17) is 0 Å². The highest BCUT2D eigenvalue weighted by Gasteiger charge is 2.24. The van der Waals surface area contributed by atoms with Crippen molar-refractivity contribution in [3.05, 3.63) is 36.4 Å². The molecule has 21 heavy (non-hydrogen) atoms. The van der Waals surface area contributed by atoms with Crippen molar-refractivity contribution in [2.75, 3.05) is 10.6 Å². The van der Waals surface area contributed by atoms with Crippen LogP contribution in [0.25, 0.3) is 0 Å². The zero-order chi connectivity index (χ0) is 14.7. The molecule has 2 aromatic rings. The van der Waals surface area contributed by atoms with Crippen molar-refractivity contribution < 1.29 is 9.59 Å². The van der Waals surface area contributed by atoms with Gasteiger partial charge >= 0.3 is 6.03 Å². The molecule has 0 radical (unpaired) electrons. The van der Waals surface area contributed by atoms with Gasteiger partial charge in [0.25, 0.3) is 5.91 Å². The quantitative estimate of drug-likeness (QED) is 0.679. The summed E-state index contributed by atoms with van der Waals surface area (Å²) in [5, 5.41) is 14.4. The van der Waals surface area contributed by atoms with Gasteiger partial charge in [-0.1, -0.05) is 0 Å². The molecule has 8 heteroatoms. The van der Waals surface area contributed by atoms with E-state index in [1.165, 1.54) is 12.4 Å². The number of aromatic amines is 1. The van der Waals surface area contributed by atoms with Gasteiger partial charge in [-0.05, 0) is 25.0 Å². The molecular formula is C13H14N6O2. The fourth-order valence-electron chi connectivity index (χ4n) is 1.76. The molecule has 2 aromatic heterocycles. The normalized spacial score (nSPS) is 13.5.